The standard InChI is InChI=1S/C13H13NO/c1-10-5-3-4-6-13(10)15-12-8-7-11(2)14-9-12/h3-9H,1-2H3. The molecule has 2 nitrogen and oxygen atoms in total. The van der Waals surface area contributed by atoms with Crippen LogP contribution in [0, 0.1) is 13.8 Å². The molecule has 15 heavy (non-hydrogen) atoms. The molecule has 0 amide bonds. The highest BCUT2D eigenvalue weighted by Gasteiger charge is 1.99. The maximum atomic E-state index is 5.70. The molecule has 0 bridgehead atoms. The van der Waals surface area contributed by atoms with Crippen molar-refractivity contribution in [2.45, 2.75) is 13.8 Å². The lowest BCUT2D eigenvalue weighted by atomic mass is 10.2. The van der Waals surface area contributed by atoms with Gasteiger partial charge in [0.1, 0.15) is 11.5 Å². The van der Waals surface area contributed by atoms with Gasteiger partial charge in [0.2, 0.25) is 0 Å². The van der Waals surface area contributed by atoms with Crippen molar-refractivity contribution in [1.82, 2.24) is 4.98 Å². The molecule has 0 aliphatic carbocycles. The number of nitrogens with zero attached hydrogens (tertiary/aromatic N) is 1. The predicted octanol–water partition coefficient (Wildman–Crippen LogP) is 3.49. The Labute approximate surface area is 89.6 Å². The van der Waals surface area contributed by atoms with Crippen LogP contribution in [0.4, 0.5) is 0 Å². The zero-order valence-corrected chi connectivity index (χ0v) is 8.90. The maximum Gasteiger partial charge on any atom is 0.145 e. The number of hydrogen-bond donors (Lipinski definition) is 0. The Morgan fingerprint density at radius 3 is 2.47 bits per heavy atom. The van der Waals surface area contributed by atoms with Gasteiger partial charge < -0.3 is 4.74 Å². The second kappa shape index (κ2) is 4.13. The molecule has 1 heterocycles. The van der Waals surface area contributed by atoms with E-state index < -0.39 is 0 Å². The molecule has 0 fully saturated rings. The van der Waals surface area contributed by atoms with E-state index in [0.29, 0.717) is 0 Å². The van der Waals surface area contributed by atoms with E-state index in [4.69, 9.17) is 4.74 Å². The summed E-state index contributed by atoms with van der Waals surface area (Å²) in [5, 5.41) is 0. The highest BCUT2D eigenvalue weighted by molar-refractivity contribution is 5.36. The summed E-state index contributed by atoms with van der Waals surface area (Å²) in [6, 6.07) is 11.8. The Morgan fingerprint density at radius 1 is 1.00 bits per heavy atom. The summed E-state index contributed by atoms with van der Waals surface area (Å²) in [4.78, 5) is 4.18. The summed E-state index contributed by atoms with van der Waals surface area (Å²) in [5.74, 6) is 1.65. The quantitative estimate of drug-likeness (QED) is 0.738. The smallest absolute Gasteiger partial charge is 0.145 e. The number of aromatic nitrogens is 1. The van der Waals surface area contributed by atoms with E-state index >= 15 is 0 Å². The van der Waals surface area contributed by atoms with Gasteiger partial charge >= 0.3 is 0 Å². The molecule has 0 radical (unpaired) electrons. The first-order valence-corrected chi connectivity index (χ1v) is 4.92. The van der Waals surface area contributed by atoms with Gasteiger partial charge in [-0.15, -0.1) is 0 Å². The van der Waals surface area contributed by atoms with Crippen molar-refractivity contribution in [3.05, 3.63) is 53.9 Å². The van der Waals surface area contributed by atoms with E-state index in [-0.39, 0.29) is 0 Å². The molecule has 0 saturated carbocycles. The van der Waals surface area contributed by atoms with Gasteiger partial charge in [0, 0.05) is 5.69 Å². The first-order valence-electron chi connectivity index (χ1n) is 4.92. The lowest BCUT2D eigenvalue weighted by molar-refractivity contribution is 0.476. The monoisotopic (exact) mass is 199 g/mol. The third-order valence-electron chi connectivity index (χ3n) is 2.21. The summed E-state index contributed by atoms with van der Waals surface area (Å²) in [6.07, 6.45) is 1.74. The highest BCUT2D eigenvalue weighted by Crippen LogP contribution is 2.23. The molecule has 1 aromatic carbocycles. The van der Waals surface area contributed by atoms with Gasteiger partial charge in [-0.25, -0.2) is 0 Å². The minimum atomic E-state index is 0.773. The van der Waals surface area contributed by atoms with Crippen molar-refractivity contribution in [2.75, 3.05) is 0 Å². The lowest BCUT2D eigenvalue weighted by Crippen LogP contribution is -1.88. The van der Waals surface area contributed by atoms with Crippen LogP contribution < -0.4 is 4.74 Å². The van der Waals surface area contributed by atoms with Crippen molar-refractivity contribution in [3.63, 3.8) is 0 Å². The summed E-state index contributed by atoms with van der Waals surface area (Å²) < 4.78 is 5.70. The molecule has 0 aliphatic rings. The van der Waals surface area contributed by atoms with Gasteiger partial charge in [0.25, 0.3) is 0 Å². The number of pyridine rings is 1. The number of aryl methyl sites for hydroxylation is 2. The summed E-state index contributed by atoms with van der Waals surface area (Å²) in [6.45, 7) is 3.98. The molecule has 0 spiro atoms. The van der Waals surface area contributed by atoms with Crippen molar-refractivity contribution in [3.8, 4) is 11.5 Å². The molecule has 0 N–H and O–H groups in total. The van der Waals surface area contributed by atoms with E-state index in [2.05, 4.69) is 4.98 Å². The summed E-state index contributed by atoms with van der Waals surface area (Å²) >= 11 is 0. The van der Waals surface area contributed by atoms with Crippen LogP contribution in [-0.2, 0) is 0 Å². The zero-order chi connectivity index (χ0) is 10.7. The normalized spacial score (nSPS) is 10.0. The van der Waals surface area contributed by atoms with Crippen LogP contribution >= 0.6 is 0 Å². The van der Waals surface area contributed by atoms with Gasteiger partial charge in [-0.05, 0) is 37.6 Å². The topological polar surface area (TPSA) is 22.1 Å². The molecular formula is C13H13NO. The van der Waals surface area contributed by atoms with Crippen LogP contribution in [0.15, 0.2) is 42.6 Å². The molecule has 0 saturated heterocycles. The van der Waals surface area contributed by atoms with Gasteiger partial charge in [0.05, 0.1) is 6.20 Å². The second-order valence-electron chi connectivity index (χ2n) is 3.50. The Bertz CT molecular complexity index is 448. The van der Waals surface area contributed by atoms with Crippen LogP contribution in [-0.4, -0.2) is 4.98 Å². The number of ether oxygens (including phenoxy) is 1. The second-order valence-corrected chi connectivity index (χ2v) is 3.50. The van der Waals surface area contributed by atoms with E-state index in [9.17, 15) is 0 Å². The van der Waals surface area contributed by atoms with Crippen LogP contribution in [0.25, 0.3) is 0 Å². The van der Waals surface area contributed by atoms with Crippen LogP contribution in [0.1, 0.15) is 11.3 Å². The largest absolute Gasteiger partial charge is 0.455 e. The zero-order valence-electron chi connectivity index (χ0n) is 8.90. The van der Waals surface area contributed by atoms with Gasteiger partial charge in [-0.2, -0.15) is 0 Å². The van der Waals surface area contributed by atoms with Gasteiger partial charge in [-0.1, -0.05) is 18.2 Å². The fourth-order valence-electron chi connectivity index (χ4n) is 1.31. The van der Waals surface area contributed by atoms with E-state index in [0.717, 1.165) is 22.8 Å². The molecular weight excluding hydrogens is 186 g/mol. The molecule has 2 rings (SSSR count). The SMILES string of the molecule is Cc1ccc(Oc2ccccc2C)cn1. The Hall–Kier alpha value is -1.83. The van der Waals surface area contributed by atoms with Crippen molar-refractivity contribution in [2.24, 2.45) is 0 Å². The van der Waals surface area contributed by atoms with E-state index in [1.165, 1.54) is 0 Å². The first-order chi connectivity index (χ1) is 7.25. The summed E-state index contributed by atoms with van der Waals surface area (Å²) in [7, 11) is 0. The Morgan fingerprint density at radius 2 is 1.80 bits per heavy atom. The average molecular weight is 199 g/mol. The minimum absolute atomic E-state index is 0.773. The highest BCUT2D eigenvalue weighted by atomic mass is 16.5. The third-order valence-corrected chi connectivity index (χ3v) is 2.21. The first kappa shape index (κ1) is 9.71. The average Bonchev–Trinajstić information content (AvgIpc) is 2.25. The Balaban J connectivity index is 2.22. The predicted molar refractivity (Wildman–Crippen MR) is 60.2 cm³/mol. The fraction of sp³-hybridized carbons (Fsp3) is 0.154. The third kappa shape index (κ3) is 2.34. The molecule has 76 valence electrons. The van der Waals surface area contributed by atoms with Crippen LogP contribution in [0.5, 0.6) is 11.5 Å². The van der Waals surface area contributed by atoms with E-state index in [1.807, 2.05) is 50.2 Å². The van der Waals surface area contributed by atoms with Crippen LogP contribution in [0.2, 0.25) is 0 Å². The van der Waals surface area contributed by atoms with E-state index in [1.54, 1.807) is 6.20 Å². The van der Waals surface area contributed by atoms with Crippen molar-refractivity contribution in [1.29, 1.82) is 0 Å². The molecule has 2 aromatic rings. The Kier molecular flexibility index (Phi) is 2.68. The van der Waals surface area contributed by atoms with Gasteiger partial charge in [-0.3, -0.25) is 4.98 Å². The fourth-order valence-corrected chi connectivity index (χ4v) is 1.31. The molecule has 0 atom stereocenters. The van der Waals surface area contributed by atoms with Gasteiger partial charge in [0.15, 0.2) is 0 Å². The number of benzene rings is 1. The molecule has 2 heteroatoms. The summed E-state index contributed by atoms with van der Waals surface area (Å²) in [5.41, 5.74) is 2.12. The van der Waals surface area contributed by atoms with Crippen molar-refractivity contribution >= 4 is 0 Å². The van der Waals surface area contributed by atoms with Crippen molar-refractivity contribution < 1.29 is 4.74 Å². The number of para-hydroxylation sites is 1. The molecule has 1 aromatic heterocycles. The number of rotatable bonds is 2. The minimum Gasteiger partial charge on any atom is -0.455 e. The molecule has 0 aliphatic heterocycles. The number of hydrogen-bond acceptors (Lipinski definition) is 2. The maximum absolute atomic E-state index is 5.70. The lowest BCUT2D eigenvalue weighted by Gasteiger charge is -2.07. The molecule has 0 unspecified atom stereocenters. The van der Waals surface area contributed by atoms with Crippen LogP contribution in [0.3, 0.4) is 0 Å².